The molecule has 1 aliphatic carbocycles. The second kappa shape index (κ2) is 5.21. The number of carbonyl (C=O) groups is 1. The highest BCUT2D eigenvalue weighted by Gasteiger charge is 2.32. The van der Waals surface area contributed by atoms with Crippen LogP contribution in [0.5, 0.6) is 0 Å². The molecule has 1 aliphatic rings. The minimum atomic E-state index is -0.0423. The van der Waals surface area contributed by atoms with Crippen LogP contribution in [0.2, 0.25) is 0 Å². The molecule has 0 bridgehead atoms. The zero-order valence-electron chi connectivity index (χ0n) is 11.9. The Kier molecular flexibility index (Phi) is 3.80. The lowest BCUT2D eigenvalue weighted by atomic mass is 9.92. The number of benzene rings is 1. The van der Waals surface area contributed by atoms with Crippen molar-refractivity contribution in [1.82, 2.24) is 5.32 Å². The molecule has 0 spiro atoms. The molecule has 0 saturated heterocycles. The largest absolute Gasteiger partial charge is 0.349 e. The molecule has 2 rings (SSSR count). The van der Waals surface area contributed by atoms with E-state index in [0.717, 1.165) is 24.8 Å². The fourth-order valence-corrected chi connectivity index (χ4v) is 2.79. The van der Waals surface area contributed by atoms with Crippen LogP contribution < -0.4 is 16.6 Å². The van der Waals surface area contributed by atoms with Crippen LogP contribution in [-0.4, -0.2) is 11.9 Å². The Hall–Kier alpha value is -1.55. The van der Waals surface area contributed by atoms with Crippen LogP contribution in [0, 0.1) is 12.3 Å². The molecule has 1 amide bonds. The minimum absolute atomic E-state index is 0.0423. The molecule has 104 valence electrons. The Labute approximate surface area is 114 Å². The van der Waals surface area contributed by atoms with Crippen molar-refractivity contribution in [1.29, 1.82) is 0 Å². The molecule has 4 N–H and O–H groups in total. The van der Waals surface area contributed by atoms with Gasteiger partial charge in [0.25, 0.3) is 5.91 Å². The molecule has 0 heterocycles. The molecule has 0 aromatic heterocycles. The molecule has 0 radical (unpaired) electrons. The molecule has 19 heavy (non-hydrogen) atoms. The number of nitrogens with two attached hydrogens (primary N) is 1. The van der Waals surface area contributed by atoms with Crippen LogP contribution in [-0.2, 0) is 0 Å². The van der Waals surface area contributed by atoms with Crippen molar-refractivity contribution in [3.05, 3.63) is 29.3 Å². The van der Waals surface area contributed by atoms with Crippen molar-refractivity contribution in [3.63, 3.8) is 0 Å². The number of nitrogen functional groups attached to an aromatic ring is 1. The highest BCUT2D eigenvalue weighted by molar-refractivity contribution is 5.99. The predicted molar refractivity (Wildman–Crippen MR) is 77.9 cm³/mol. The molecule has 4 heteroatoms. The van der Waals surface area contributed by atoms with Crippen LogP contribution >= 0.6 is 0 Å². The smallest absolute Gasteiger partial charge is 0.253 e. The fraction of sp³-hybridized carbons (Fsp3) is 0.533. The number of amides is 1. The minimum Gasteiger partial charge on any atom is -0.349 e. The molecule has 1 unspecified atom stereocenters. The Balaban J connectivity index is 2.10. The lowest BCUT2D eigenvalue weighted by Crippen LogP contribution is -2.34. The van der Waals surface area contributed by atoms with E-state index >= 15 is 0 Å². The van der Waals surface area contributed by atoms with Crippen molar-refractivity contribution in [3.8, 4) is 0 Å². The Bertz CT molecular complexity index is 482. The van der Waals surface area contributed by atoms with Crippen LogP contribution in [0.25, 0.3) is 0 Å². The topological polar surface area (TPSA) is 67.1 Å². The first kappa shape index (κ1) is 13.9. The van der Waals surface area contributed by atoms with Gasteiger partial charge in [-0.25, -0.2) is 0 Å². The van der Waals surface area contributed by atoms with E-state index in [1.807, 2.05) is 25.1 Å². The summed E-state index contributed by atoms with van der Waals surface area (Å²) in [4.78, 5) is 12.3. The van der Waals surface area contributed by atoms with Crippen molar-refractivity contribution in [2.45, 2.75) is 46.1 Å². The van der Waals surface area contributed by atoms with Crippen molar-refractivity contribution in [2.75, 3.05) is 5.43 Å². The van der Waals surface area contributed by atoms with Gasteiger partial charge in [0.1, 0.15) is 0 Å². The number of hydrogen-bond acceptors (Lipinski definition) is 3. The molecule has 4 nitrogen and oxygen atoms in total. The molecule has 1 saturated carbocycles. The summed E-state index contributed by atoms with van der Waals surface area (Å²) in [5.74, 6) is 5.42. The monoisotopic (exact) mass is 261 g/mol. The summed E-state index contributed by atoms with van der Waals surface area (Å²) < 4.78 is 0. The highest BCUT2D eigenvalue weighted by Crippen LogP contribution is 2.37. The maximum Gasteiger partial charge on any atom is 0.253 e. The SMILES string of the molecule is Cc1ccc(NN)c(C(=O)NC2CCC(C)(C)C2)c1. The lowest BCUT2D eigenvalue weighted by Gasteiger charge is -2.18. The van der Waals surface area contributed by atoms with E-state index in [-0.39, 0.29) is 11.9 Å². The van der Waals surface area contributed by atoms with E-state index in [4.69, 9.17) is 5.84 Å². The number of aryl methyl sites for hydroxylation is 1. The summed E-state index contributed by atoms with van der Waals surface area (Å²) in [6.45, 7) is 6.47. The van der Waals surface area contributed by atoms with Crippen LogP contribution in [0.15, 0.2) is 18.2 Å². The zero-order chi connectivity index (χ0) is 14.0. The van der Waals surface area contributed by atoms with Gasteiger partial charge in [-0.3, -0.25) is 10.6 Å². The number of hydrazine groups is 1. The van der Waals surface area contributed by atoms with Gasteiger partial charge in [-0.1, -0.05) is 25.5 Å². The van der Waals surface area contributed by atoms with Gasteiger partial charge in [0.15, 0.2) is 0 Å². The lowest BCUT2D eigenvalue weighted by molar-refractivity contribution is 0.0936. The predicted octanol–water partition coefficient (Wildman–Crippen LogP) is 2.59. The summed E-state index contributed by atoms with van der Waals surface area (Å²) >= 11 is 0. The summed E-state index contributed by atoms with van der Waals surface area (Å²) in [5, 5.41) is 3.12. The fourth-order valence-electron chi connectivity index (χ4n) is 2.79. The van der Waals surface area contributed by atoms with Gasteiger partial charge in [0.05, 0.1) is 11.3 Å². The second-order valence-electron chi connectivity index (χ2n) is 6.27. The number of carbonyl (C=O) groups excluding carboxylic acids is 1. The molecule has 1 atom stereocenters. The molecular weight excluding hydrogens is 238 g/mol. The number of nitrogens with one attached hydrogen (secondary N) is 2. The summed E-state index contributed by atoms with van der Waals surface area (Å²) in [5.41, 5.74) is 5.25. The Morgan fingerprint density at radius 2 is 2.16 bits per heavy atom. The van der Waals surface area contributed by atoms with E-state index < -0.39 is 0 Å². The standard InChI is InChI=1S/C15H23N3O/c1-10-4-5-13(18-16)12(8-10)14(19)17-11-6-7-15(2,3)9-11/h4-5,8,11,18H,6-7,9,16H2,1-3H3,(H,17,19). The quantitative estimate of drug-likeness (QED) is 0.578. The number of rotatable bonds is 3. The average Bonchev–Trinajstić information content (AvgIpc) is 2.68. The second-order valence-corrected chi connectivity index (χ2v) is 6.27. The van der Waals surface area contributed by atoms with E-state index in [2.05, 4.69) is 24.6 Å². The van der Waals surface area contributed by atoms with Gasteiger partial charge in [0, 0.05) is 6.04 Å². The molecule has 1 fully saturated rings. The first-order valence-corrected chi connectivity index (χ1v) is 6.79. The maximum absolute atomic E-state index is 12.3. The van der Waals surface area contributed by atoms with E-state index in [1.54, 1.807) is 0 Å². The van der Waals surface area contributed by atoms with Crippen molar-refractivity contribution >= 4 is 11.6 Å². The third kappa shape index (κ3) is 3.26. The van der Waals surface area contributed by atoms with Gasteiger partial charge >= 0.3 is 0 Å². The Morgan fingerprint density at radius 1 is 1.42 bits per heavy atom. The molecule has 1 aromatic rings. The maximum atomic E-state index is 12.3. The van der Waals surface area contributed by atoms with Crippen LogP contribution in [0.3, 0.4) is 0 Å². The third-order valence-corrected chi connectivity index (χ3v) is 3.88. The van der Waals surface area contributed by atoms with Gasteiger partial charge in [-0.15, -0.1) is 0 Å². The van der Waals surface area contributed by atoms with E-state index in [9.17, 15) is 4.79 Å². The highest BCUT2D eigenvalue weighted by atomic mass is 16.1. The van der Waals surface area contributed by atoms with Gasteiger partial charge in [-0.05, 0) is 43.7 Å². The van der Waals surface area contributed by atoms with Crippen molar-refractivity contribution in [2.24, 2.45) is 11.3 Å². The number of anilines is 1. The summed E-state index contributed by atoms with van der Waals surface area (Å²) in [6.07, 6.45) is 3.25. The summed E-state index contributed by atoms with van der Waals surface area (Å²) in [7, 11) is 0. The van der Waals surface area contributed by atoms with Crippen LogP contribution in [0.1, 0.15) is 49.0 Å². The third-order valence-electron chi connectivity index (χ3n) is 3.88. The summed E-state index contributed by atoms with van der Waals surface area (Å²) in [6, 6.07) is 5.91. The zero-order valence-corrected chi connectivity index (χ0v) is 11.9. The average molecular weight is 261 g/mol. The normalized spacial score (nSPS) is 21.2. The van der Waals surface area contributed by atoms with Gasteiger partial charge in [-0.2, -0.15) is 0 Å². The van der Waals surface area contributed by atoms with E-state index in [1.165, 1.54) is 0 Å². The van der Waals surface area contributed by atoms with Crippen molar-refractivity contribution < 1.29 is 4.79 Å². The van der Waals surface area contributed by atoms with Crippen LogP contribution in [0.4, 0.5) is 5.69 Å². The van der Waals surface area contributed by atoms with E-state index in [0.29, 0.717) is 16.7 Å². The first-order chi connectivity index (χ1) is 8.91. The molecule has 1 aromatic carbocycles. The number of hydrogen-bond donors (Lipinski definition) is 3. The van der Waals surface area contributed by atoms with Gasteiger partial charge in [0.2, 0.25) is 0 Å². The van der Waals surface area contributed by atoms with Gasteiger partial charge < -0.3 is 10.7 Å². The first-order valence-electron chi connectivity index (χ1n) is 6.79. The Morgan fingerprint density at radius 3 is 2.74 bits per heavy atom. The molecular formula is C15H23N3O. The molecule has 0 aliphatic heterocycles.